The second kappa shape index (κ2) is 3.44. The van der Waals surface area contributed by atoms with Crippen molar-refractivity contribution in [2.45, 2.75) is 31.2 Å². The molecule has 2 fully saturated rings. The molecule has 3 heteroatoms. The quantitative estimate of drug-likeness (QED) is 0.549. The zero-order valence-corrected chi connectivity index (χ0v) is 9.68. The van der Waals surface area contributed by atoms with E-state index in [0.717, 1.165) is 11.1 Å². The van der Waals surface area contributed by atoms with E-state index in [0.29, 0.717) is 6.42 Å². The number of benzene rings is 1. The van der Waals surface area contributed by atoms with Crippen LogP contribution in [0.25, 0.3) is 0 Å². The van der Waals surface area contributed by atoms with Crippen LogP contribution >= 0.6 is 0 Å². The largest absolute Gasteiger partial charge is 0.452 e. The summed E-state index contributed by atoms with van der Waals surface area (Å²) in [5.74, 6) is -0.204. The molecule has 2 heterocycles. The average Bonchev–Trinajstić information content (AvgIpc) is 2.73. The Balaban J connectivity index is 1.94. The molecule has 2 aliphatic heterocycles. The first kappa shape index (κ1) is 10.5. The molecule has 3 atom stereocenters. The maximum Gasteiger partial charge on any atom is 0.309 e. The molecule has 3 nitrogen and oxygen atoms in total. The van der Waals surface area contributed by atoms with Crippen LogP contribution in [-0.2, 0) is 14.3 Å². The molecule has 17 heavy (non-hydrogen) atoms. The number of carbonyl (C=O) groups is 1. The second-order valence-corrected chi connectivity index (χ2v) is 4.73. The molecule has 2 aliphatic rings. The van der Waals surface area contributed by atoms with Gasteiger partial charge >= 0.3 is 5.97 Å². The molecule has 1 aromatic carbocycles. The second-order valence-electron chi connectivity index (χ2n) is 4.73. The van der Waals surface area contributed by atoms with Crippen LogP contribution < -0.4 is 0 Å². The number of rotatable bonds is 1. The van der Waals surface area contributed by atoms with Crippen LogP contribution in [0.4, 0.5) is 0 Å². The van der Waals surface area contributed by atoms with Gasteiger partial charge in [0.15, 0.2) is 5.60 Å². The summed E-state index contributed by atoms with van der Waals surface area (Å²) in [4.78, 5) is 11.3. The van der Waals surface area contributed by atoms with Gasteiger partial charge < -0.3 is 9.47 Å². The first-order chi connectivity index (χ1) is 8.11. The molecule has 0 aromatic heterocycles. The normalized spacial score (nSPS) is 35.8. The summed E-state index contributed by atoms with van der Waals surface area (Å²) in [6.45, 7) is 5.94. The lowest BCUT2D eigenvalue weighted by molar-refractivity contribution is -0.144. The van der Waals surface area contributed by atoms with Gasteiger partial charge in [0.1, 0.15) is 12.2 Å². The summed E-state index contributed by atoms with van der Waals surface area (Å²) in [6.07, 6.45) is -0.0502. The van der Waals surface area contributed by atoms with E-state index in [-0.39, 0.29) is 18.2 Å². The fourth-order valence-electron chi connectivity index (χ4n) is 2.55. The van der Waals surface area contributed by atoms with Crippen molar-refractivity contribution in [1.29, 1.82) is 0 Å². The molecule has 0 N–H and O–H groups in total. The van der Waals surface area contributed by atoms with Gasteiger partial charge in [-0.05, 0) is 12.5 Å². The topological polar surface area (TPSA) is 35.5 Å². The first-order valence-corrected chi connectivity index (χ1v) is 5.73. The Labute approximate surface area is 100 Å². The molecule has 0 bridgehead atoms. The highest BCUT2D eigenvalue weighted by molar-refractivity contribution is 5.75. The third-order valence-electron chi connectivity index (χ3n) is 3.65. The predicted octanol–water partition coefficient (Wildman–Crippen LogP) is 2.39. The van der Waals surface area contributed by atoms with Gasteiger partial charge in [0.05, 0.1) is 6.42 Å². The average molecular weight is 230 g/mol. The smallest absolute Gasteiger partial charge is 0.309 e. The van der Waals surface area contributed by atoms with Crippen molar-refractivity contribution in [3.05, 3.63) is 48.0 Å². The maximum atomic E-state index is 11.3. The molecule has 1 aromatic rings. The van der Waals surface area contributed by atoms with Crippen molar-refractivity contribution in [3.8, 4) is 0 Å². The lowest BCUT2D eigenvalue weighted by Gasteiger charge is -2.22. The third kappa shape index (κ3) is 1.42. The molecule has 0 unspecified atom stereocenters. The molecule has 0 saturated carbocycles. The Hall–Kier alpha value is -1.61. The van der Waals surface area contributed by atoms with Crippen LogP contribution in [0.1, 0.15) is 25.0 Å². The van der Waals surface area contributed by atoms with E-state index in [1.54, 1.807) is 0 Å². The molecular weight excluding hydrogens is 216 g/mol. The van der Waals surface area contributed by atoms with E-state index in [2.05, 4.69) is 6.58 Å². The van der Waals surface area contributed by atoms with Crippen LogP contribution in [0.15, 0.2) is 42.5 Å². The van der Waals surface area contributed by atoms with Gasteiger partial charge in [0, 0.05) is 5.57 Å². The molecule has 0 spiro atoms. The summed E-state index contributed by atoms with van der Waals surface area (Å²) in [5.41, 5.74) is 1.24. The monoisotopic (exact) mass is 230 g/mol. The number of fused-ring (bicyclic) bond motifs is 1. The van der Waals surface area contributed by atoms with Crippen molar-refractivity contribution >= 4 is 5.97 Å². The summed E-state index contributed by atoms with van der Waals surface area (Å²) < 4.78 is 11.3. The van der Waals surface area contributed by atoms with Gasteiger partial charge in [-0.3, -0.25) is 4.79 Å². The zero-order valence-electron chi connectivity index (χ0n) is 9.68. The number of carbonyl (C=O) groups excluding carboxylic acids is 1. The third-order valence-corrected chi connectivity index (χ3v) is 3.65. The standard InChI is InChI=1S/C14H14O3/c1-9-13(10-6-4-3-5-7-10)16-11-8-12(15)17-14(9,11)2/h3-7,11,13H,1,8H2,2H3/t11-,13-,14-/m1/s1. The lowest BCUT2D eigenvalue weighted by Crippen LogP contribution is -2.32. The van der Waals surface area contributed by atoms with Gasteiger partial charge in [-0.15, -0.1) is 0 Å². The molecule has 88 valence electrons. The summed E-state index contributed by atoms with van der Waals surface area (Å²) in [5, 5.41) is 0. The first-order valence-electron chi connectivity index (χ1n) is 5.73. The SMILES string of the molecule is C=C1[C@H](c2ccccc2)O[C@@H]2CC(=O)O[C@]12C. The summed E-state index contributed by atoms with van der Waals surface area (Å²) in [6, 6.07) is 9.90. The minimum atomic E-state index is -0.655. The van der Waals surface area contributed by atoms with Gasteiger partial charge in [-0.25, -0.2) is 0 Å². The molecule has 0 aliphatic carbocycles. The molecular formula is C14H14O3. The minimum absolute atomic E-state index is 0.167. The zero-order chi connectivity index (χ0) is 12.0. The number of ether oxygens (including phenoxy) is 2. The molecule has 2 saturated heterocycles. The van der Waals surface area contributed by atoms with Crippen molar-refractivity contribution in [1.82, 2.24) is 0 Å². The fourth-order valence-corrected chi connectivity index (χ4v) is 2.55. The highest BCUT2D eigenvalue weighted by Crippen LogP contribution is 2.49. The Kier molecular flexibility index (Phi) is 2.13. The van der Waals surface area contributed by atoms with Crippen LogP contribution in [0.2, 0.25) is 0 Å². The summed E-state index contributed by atoms with van der Waals surface area (Å²) in [7, 11) is 0. The Morgan fingerprint density at radius 2 is 2.06 bits per heavy atom. The van der Waals surface area contributed by atoms with E-state index in [4.69, 9.17) is 9.47 Å². The van der Waals surface area contributed by atoms with E-state index in [1.807, 2.05) is 37.3 Å². The fraction of sp³-hybridized carbons (Fsp3) is 0.357. The van der Waals surface area contributed by atoms with Gasteiger partial charge in [-0.2, -0.15) is 0 Å². The van der Waals surface area contributed by atoms with Gasteiger partial charge in [-0.1, -0.05) is 36.9 Å². The van der Waals surface area contributed by atoms with Crippen LogP contribution in [0.3, 0.4) is 0 Å². The van der Waals surface area contributed by atoms with E-state index in [1.165, 1.54) is 0 Å². The van der Waals surface area contributed by atoms with Gasteiger partial charge in [0.25, 0.3) is 0 Å². The van der Waals surface area contributed by atoms with Crippen molar-refractivity contribution in [3.63, 3.8) is 0 Å². The van der Waals surface area contributed by atoms with Crippen molar-refractivity contribution < 1.29 is 14.3 Å². The number of esters is 1. The highest BCUT2D eigenvalue weighted by Gasteiger charge is 2.56. The van der Waals surface area contributed by atoms with Crippen molar-refractivity contribution in [2.24, 2.45) is 0 Å². The minimum Gasteiger partial charge on any atom is -0.452 e. The molecule has 3 rings (SSSR count). The Bertz CT molecular complexity index is 480. The molecule has 0 amide bonds. The van der Waals surface area contributed by atoms with Crippen LogP contribution in [0, 0.1) is 0 Å². The number of hydrogen-bond donors (Lipinski definition) is 0. The van der Waals surface area contributed by atoms with E-state index >= 15 is 0 Å². The Morgan fingerprint density at radius 3 is 2.71 bits per heavy atom. The number of hydrogen-bond acceptors (Lipinski definition) is 3. The maximum absolute atomic E-state index is 11.3. The lowest BCUT2D eigenvalue weighted by atomic mass is 9.89. The van der Waals surface area contributed by atoms with Crippen LogP contribution in [-0.4, -0.2) is 17.7 Å². The Morgan fingerprint density at radius 1 is 1.35 bits per heavy atom. The predicted molar refractivity (Wildman–Crippen MR) is 62.3 cm³/mol. The van der Waals surface area contributed by atoms with E-state index in [9.17, 15) is 4.79 Å². The van der Waals surface area contributed by atoms with Gasteiger partial charge in [0.2, 0.25) is 0 Å². The van der Waals surface area contributed by atoms with Crippen molar-refractivity contribution in [2.75, 3.05) is 0 Å². The summed E-state index contributed by atoms with van der Waals surface area (Å²) >= 11 is 0. The molecule has 0 radical (unpaired) electrons. The van der Waals surface area contributed by atoms with Crippen LogP contribution in [0.5, 0.6) is 0 Å². The highest BCUT2D eigenvalue weighted by atomic mass is 16.6. The van der Waals surface area contributed by atoms with E-state index < -0.39 is 5.60 Å².